The molecule has 4 heterocycles. The smallest absolute Gasteiger partial charge is 0.410 e. The lowest BCUT2D eigenvalue weighted by Crippen LogP contribution is -2.42. The molecule has 3 aliphatic rings. The van der Waals surface area contributed by atoms with Crippen LogP contribution in [0.15, 0.2) is 45.0 Å². The van der Waals surface area contributed by atoms with Gasteiger partial charge in [-0.15, -0.1) is 0 Å². The summed E-state index contributed by atoms with van der Waals surface area (Å²) in [5.41, 5.74) is 3.59. The highest BCUT2D eigenvalue weighted by Gasteiger charge is 2.32. The zero-order valence-corrected chi connectivity index (χ0v) is 29.3. The molecule has 0 aliphatic carbocycles. The summed E-state index contributed by atoms with van der Waals surface area (Å²) in [6.07, 6.45) is 9.87. The van der Waals surface area contributed by atoms with E-state index in [1.54, 1.807) is 25.4 Å². The zero-order chi connectivity index (χ0) is 33.9. The summed E-state index contributed by atoms with van der Waals surface area (Å²) in [6, 6.07) is 1.80. The lowest BCUT2D eigenvalue weighted by Gasteiger charge is -2.33. The van der Waals surface area contributed by atoms with Crippen LogP contribution in [0.2, 0.25) is 5.02 Å². The van der Waals surface area contributed by atoms with Gasteiger partial charge in [0.2, 0.25) is 0 Å². The maximum atomic E-state index is 12.6. The van der Waals surface area contributed by atoms with Gasteiger partial charge in [-0.2, -0.15) is 5.10 Å². The highest BCUT2D eigenvalue weighted by atomic mass is 35.5. The van der Waals surface area contributed by atoms with E-state index in [1.165, 1.54) is 0 Å². The molecule has 2 atom stereocenters. The summed E-state index contributed by atoms with van der Waals surface area (Å²) in [5, 5.41) is 8.83. The number of halogens is 1. The molecule has 13 heteroatoms. The molecule has 1 aromatic carbocycles. The van der Waals surface area contributed by atoms with E-state index in [0.717, 1.165) is 61.0 Å². The second kappa shape index (κ2) is 14.5. The summed E-state index contributed by atoms with van der Waals surface area (Å²) >= 11 is 6.87. The van der Waals surface area contributed by atoms with Gasteiger partial charge in [0.05, 0.1) is 31.7 Å². The highest BCUT2D eigenvalue weighted by molar-refractivity contribution is 6.32. The Bertz CT molecular complexity index is 1560. The number of ether oxygens (including phenoxy) is 3. The maximum Gasteiger partial charge on any atom is 0.410 e. The standard InChI is InChI=1S/C34H47ClN8O4/c1-21-26(35)17-25(22(2)40-31(36-6)29-32(37-7)42(20-38-29)27-11-9-10-16-46-27)30(45-8)28(21)23-18-39-43(19-23)24-12-14-41(15-13-24)33(44)47-34(3,4)5/h17-20,22,24,27,40H,6,9-16H2,1-5,7-8H3/b31-29-,37-32+. The lowest BCUT2D eigenvalue weighted by molar-refractivity contribution is -0.0301. The van der Waals surface area contributed by atoms with E-state index in [2.05, 4.69) is 27.0 Å². The molecule has 1 amide bonds. The van der Waals surface area contributed by atoms with Gasteiger partial charge in [-0.25, -0.2) is 14.8 Å². The van der Waals surface area contributed by atoms with Crippen molar-refractivity contribution in [3.63, 3.8) is 0 Å². The van der Waals surface area contributed by atoms with Crippen LogP contribution in [-0.2, 0) is 9.47 Å². The fourth-order valence-corrected chi connectivity index (χ4v) is 6.52. The molecule has 2 fully saturated rings. The molecule has 0 bridgehead atoms. The van der Waals surface area contributed by atoms with E-state index >= 15 is 0 Å². The maximum absolute atomic E-state index is 12.6. The monoisotopic (exact) mass is 666 g/mol. The summed E-state index contributed by atoms with van der Waals surface area (Å²) in [7, 11) is 3.40. The fourth-order valence-electron chi connectivity index (χ4n) is 6.31. The van der Waals surface area contributed by atoms with Crippen LogP contribution in [0.1, 0.15) is 83.0 Å². The van der Waals surface area contributed by atoms with Crippen LogP contribution in [-0.4, -0.2) is 90.2 Å². The molecule has 2 aromatic rings. The molecule has 1 aromatic heterocycles. The minimum atomic E-state index is -0.520. The number of benzene rings is 1. The largest absolute Gasteiger partial charge is 0.496 e. The normalized spacial score (nSPS) is 21.6. The molecule has 0 saturated carbocycles. The molecule has 0 radical (unpaired) electrons. The molecular weight excluding hydrogens is 620 g/mol. The van der Waals surface area contributed by atoms with Gasteiger partial charge in [0, 0.05) is 54.7 Å². The number of amides is 1. The summed E-state index contributed by atoms with van der Waals surface area (Å²) < 4.78 is 19.6. The molecule has 3 aliphatic heterocycles. The van der Waals surface area contributed by atoms with Crippen molar-refractivity contribution in [3.05, 3.63) is 46.1 Å². The van der Waals surface area contributed by atoms with Crippen LogP contribution >= 0.6 is 11.6 Å². The molecule has 5 rings (SSSR count). The number of hydrogen-bond donors (Lipinski definition) is 1. The van der Waals surface area contributed by atoms with Crippen molar-refractivity contribution in [1.29, 1.82) is 0 Å². The van der Waals surface area contributed by atoms with E-state index in [0.29, 0.717) is 41.2 Å². The molecule has 2 unspecified atom stereocenters. The summed E-state index contributed by atoms with van der Waals surface area (Å²) in [6.45, 7) is 15.4. The first kappa shape index (κ1) is 34.4. The summed E-state index contributed by atoms with van der Waals surface area (Å²) in [5.74, 6) is 1.87. The fraction of sp³-hybridized carbons (Fsp3) is 0.559. The van der Waals surface area contributed by atoms with Gasteiger partial charge in [0.1, 0.15) is 23.3 Å². The number of aliphatic imine (C=N–C) groups is 3. The Morgan fingerprint density at radius 1 is 1.23 bits per heavy atom. The van der Waals surface area contributed by atoms with Crippen molar-refractivity contribution in [3.8, 4) is 16.9 Å². The number of aromatic nitrogens is 2. The molecule has 0 spiro atoms. The van der Waals surface area contributed by atoms with Gasteiger partial charge >= 0.3 is 6.09 Å². The first-order valence-corrected chi connectivity index (χ1v) is 16.6. The van der Waals surface area contributed by atoms with Crippen molar-refractivity contribution in [1.82, 2.24) is 24.9 Å². The van der Waals surface area contributed by atoms with Gasteiger partial charge in [-0.05, 0) is 85.1 Å². The molecule has 2 saturated heterocycles. The van der Waals surface area contributed by atoms with E-state index in [1.807, 2.05) is 62.7 Å². The second-order valence-electron chi connectivity index (χ2n) is 13.1. The highest BCUT2D eigenvalue weighted by Crippen LogP contribution is 2.43. The third-order valence-corrected chi connectivity index (χ3v) is 9.13. The van der Waals surface area contributed by atoms with Crippen LogP contribution in [0.5, 0.6) is 5.75 Å². The van der Waals surface area contributed by atoms with Crippen LogP contribution < -0.4 is 10.1 Å². The van der Waals surface area contributed by atoms with E-state index in [9.17, 15) is 4.79 Å². The Labute approximate surface area is 282 Å². The third-order valence-electron chi connectivity index (χ3n) is 8.74. The number of carbonyl (C=O) groups is 1. The SMILES string of the molecule is C=N/C(NC(C)c1cc(Cl)c(C)c(-c2cnn(C3CCN(C(=O)OC(C)(C)C)CC3)c2)c1OC)=C1/N=CN(C2CCCCO2)/C1=N/C. The molecule has 47 heavy (non-hydrogen) atoms. The number of rotatable bonds is 8. The third kappa shape index (κ3) is 7.49. The predicted octanol–water partition coefficient (Wildman–Crippen LogP) is 6.51. The van der Waals surface area contributed by atoms with E-state index in [4.69, 9.17) is 30.9 Å². The lowest BCUT2D eigenvalue weighted by atomic mass is 9.95. The predicted molar refractivity (Wildman–Crippen MR) is 185 cm³/mol. The van der Waals surface area contributed by atoms with Gasteiger partial charge < -0.3 is 24.4 Å². The van der Waals surface area contributed by atoms with Crippen molar-refractivity contribution in [2.75, 3.05) is 33.9 Å². The van der Waals surface area contributed by atoms with Gasteiger partial charge in [0.15, 0.2) is 11.7 Å². The number of carbonyl (C=O) groups excluding carboxylic acids is 1. The Morgan fingerprint density at radius 2 is 1.98 bits per heavy atom. The van der Waals surface area contributed by atoms with Crippen LogP contribution in [0.4, 0.5) is 4.79 Å². The van der Waals surface area contributed by atoms with Crippen molar-refractivity contribution >= 4 is 36.6 Å². The van der Waals surface area contributed by atoms with Crippen LogP contribution in [0.3, 0.4) is 0 Å². The first-order chi connectivity index (χ1) is 22.4. The topological polar surface area (TPSA) is 118 Å². The quantitative estimate of drug-likeness (QED) is 0.319. The Morgan fingerprint density at radius 3 is 2.60 bits per heavy atom. The number of nitrogens with one attached hydrogen (secondary N) is 1. The van der Waals surface area contributed by atoms with Gasteiger partial charge in [-0.1, -0.05) is 11.6 Å². The molecule has 12 nitrogen and oxygen atoms in total. The zero-order valence-electron chi connectivity index (χ0n) is 28.5. The first-order valence-electron chi connectivity index (χ1n) is 16.2. The number of hydrogen-bond acceptors (Lipinski definition) is 9. The number of nitrogens with zero attached hydrogens (tertiary/aromatic N) is 7. The van der Waals surface area contributed by atoms with Crippen molar-refractivity contribution in [2.24, 2.45) is 15.0 Å². The van der Waals surface area contributed by atoms with Crippen LogP contribution in [0, 0.1) is 6.92 Å². The average molecular weight is 667 g/mol. The van der Waals surface area contributed by atoms with Crippen molar-refractivity contribution in [2.45, 2.75) is 90.6 Å². The van der Waals surface area contributed by atoms with Gasteiger partial charge in [-0.3, -0.25) is 14.6 Å². The number of likely N-dealkylation sites (tertiary alicyclic amines) is 1. The van der Waals surface area contributed by atoms with Gasteiger partial charge in [0.25, 0.3) is 0 Å². The van der Waals surface area contributed by atoms with Crippen LogP contribution in [0.25, 0.3) is 11.1 Å². The summed E-state index contributed by atoms with van der Waals surface area (Å²) in [4.78, 5) is 29.8. The average Bonchev–Trinajstić information content (AvgIpc) is 3.72. The molecular formula is C34H47ClN8O4. The Kier molecular flexibility index (Phi) is 10.6. The Hall–Kier alpha value is -3.90. The molecule has 254 valence electrons. The molecule has 1 N–H and O–H groups in total. The minimum Gasteiger partial charge on any atom is -0.496 e. The number of piperidine rings is 1. The number of amidine groups is 1. The minimum absolute atomic E-state index is 0.107. The second-order valence-corrected chi connectivity index (χ2v) is 13.5. The van der Waals surface area contributed by atoms with E-state index < -0.39 is 5.60 Å². The van der Waals surface area contributed by atoms with E-state index in [-0.39, 0.29) is 24.4 Å². The van der Waals surface area contributed by atoms with Crippen molar-refractivity contribution < 1.29 is 19.0 Å². The number of methoxy groups -OCH3 is 1. The Balaban J connectivity index is 1.37.